The molecule has 4 rings (SSSR count). The third-order valence-electron chi connectivity index (χ3n) is 8.86. The number of hydrogen-bond donors (Lipinski definition) is 4. The van der Waals surface area contributed by atoms with Crippen molar-refractivity contribution >= 4 is 23.4 Å². The summed E-state index contributed by atoms with van der Waals surface area (Å²) in [6.45, 7) is 18.0. The molecule has 2 aliphatic heterocycles. The third kappa shape index (κ3) is 8.64. The maximum absolute atomic E-state index is 13.7. The minimum absolute atomic E-state index is 0.00343. The number of methoxy groups -OCH3 is 1. The highest BCUT2D eigenvalue weighted by Gasteiger charge is 2.38. The Bertz CT molecular complexity index is 1600. The van der Waals surface area contributed by atoms with Gasteiger partial charge in [0, 0.05) is 6.54 Å². The summed E-state index contributed by atoms with van der Waals surface area (Å²) in [6, 6.07) is 7.24. The number of aliphatic imine (C=N–C) groups is 1. The van der Waals surface area contributed by atoms with Crippen molar-refractivity contribution in [1.29, 1.82) is 0 Å². The van der Waals surface area contributed by atoms with Crippen molar-refractivity contribution < 1.29 is 14.3 Å². The summed E-state index contributed by atoms with van der Waals surface area (Å²) in [5.74, 6) is 13.0. The largest absolute Gasteiger partial charge is 0.453 e. The van der Waals surface area contributed by atoms with Crippen LogP contribution in [0.5, 0.6) is 0 Å². The van der Waals surface area contributed by atoms with Gasteiger partial charge < -0.3 is 31.0 Å². The van der Waals surface area contributed by atoms with Crippen molar-refractivity contribution in [1.82, 2.24) is 25.5 Å². The molecule has 4 atom stereocenters. The highest BCUT2D eigenvalue weighted by Crippen LogP contribution is 2.32. The number of aromatic amines is 1. The van der Waals surface area contributed by atoms with Crippen LogP contribution < -0.4 is 16.4 Å². The van der Waals surface area contributed by atoms with Gasteiger partial charge in [-0.3, -0.25) is 4.79 Å². The number of aromatic nitrogens is 2. The van der Waals surface area contributed by atoms with Gasteiger partial charge in [0.1, 0.15) is 28.9 Å². The van der Waals surface area contributed by atoms with E-state index in [0.717, 1.165) is 37.2 Å². The van der Waals surface area contributed by atoms with Gasteiger partial charge in [-0.15, -0.1) is 0 Å². The summed E-state index contributed by atoms with van der Waals surface area (Å²) in [5, 5.41) is 6.11. The Labute approximate surface area is 279 Å². The van der Waals surface area contributed by atoms with E-state index in [2.05, 4.69) is 83.8 Å². The minimum Gasteiger partial charge on any atom is -0.453 e. The highest BCUT2D eigenvalue weighted by atomic mass is 16.5. The molecule has 5 N–H and O–H groups in total. The van der Waals surface area contributed by atoms with Crippen LogP contribution in [0.15, 0.2) is 42.0 Å². The van der Waals surface area contributed by atoms with Crippen LogP contribution in [0.3, 0.4) is 0 Å². The molecule has 0 radical (unpaired) electrons. The summed E-state index contributed by atoms with van der Waals surface area (Å²) in [5.41, 5.74) is 9.00. The fourth-order valence-electron chi connectivity index (χ4n) is 5.92. The molecule has 47 heavy (non-hydrogen) atoms. The van der Waals surface area contributed by atoms with Gasteiger partial charge in [0.05, 0.1) is 25.4 Å². The Kier molecular flexibility index (Phi) is 11.2. The Morgan fingerprint density at radius 3 is 2.49 bits per heavy atom. The predicted octanol–water partition coefficient (Wildman–Crippen LogP) is 4.69. The van der Waals surface area contributed by atoms with Crippen LogP contribution in [0.2, 0.25) is 0 Å². The maximum Gasteiger partial charge on any atom is 0.407 e. The van der Waals surface area contributed by atoms with E-state index in [9.17, 15) is 9.59 Å². The van der Waals surface area contributed by atoms with Crippen molar-refractivity contribution in [3.8, 4) is 23.7 Å². The van der Waals surface area contributed by atoms with Crippen molar-refractivity contribution in [2.24, 2.45) is 16.6 Å². The van der Waals surface area contributed by atoms with Gasteiger partial charge in [0.2, 0.25) is 5.91 Å². The first-order valence-corrected chi connectivity index (χ1v) is 16.4. The number of nitrogens with one attached hydrogen (secondary N) is 3. The molecule has 2 saturated heterocycles. The van der Waals surface area contributed by atoms with E-state index in [1.807, 2.05) is 32.9 Å². The lowest BCUT2D eigenvalue weighted by molar-refractivity contribution is -0.134. The number of nitrogens with zero attached hydrogens (tertiary/aromatic N) is 3. The number of rotatable bonds is 8. The number of amides is 2. The molecule has 2 fully saturated rings. The van der Waals surface area contributed by atoms with Gasteiger partial charge in [0.25, 0.3) is 0 Å². The summed E-state index contributed by atoms with van der Waals surface area (Å²) >= 11 is 0. The molecule has 10 heteroatoms. The van der Waals surface area contributed by atoms with Crippen molar-refractivity contribution in [3.05, 3.63) is 59.7 Å². The molecule has 0 bridgehead atoms. The van der Waals surface area contributed by atoms with Crippen LogP contribution in [0.25, 0.3) is 5.57 Å². The quantitative estimate of drug-likeness (QED) is 0.188. The molecular weight excluding hydrogens is 590 g/mol. The number of carbonyl (C=O) groups excluding carboxylic acids is 2. The molecular formula is C37H49N7O3. The molecule has 2 aromatic rings. The minimum atomic E-state index is -1.14. The molecule has 2 aliphatic rings. The average Bonchev–Trinajstić information content (AvgIpc) is 3.83. The zero-order valence-electron chi connectivity index (χ0n) is 28.8. The summed E-state index contributed by atoms with van der Waals surface area (Å²) < 4.78 is 4.76. The zero-order chi connectivity index (χ0) is 34.4. The third-order valence-corrected chi connectivity index (χ3v) is 8.86. The number of hydrogen-bond acceptors (Lipinski definition) is 6. The van der Waals surface area contributed by atoms with Gasteiger partial charge >= 0.3 is 6.09 Å². The fraction of sp³-hybridized carbons (Fsp3) is 0.514. The van der Waals surface area contributed by atoms with Crippen LogP contribution in [0.4, 0.5) is 4.79 Å². The Hall–Kier alpha value is -4.54. The summed E-state index contributed by atoms with van der Waals surface area (Å²) in [6.07, 6.45) is 4.62. The van der Waals surface area contributed by atoms with Gasteiger partial charge in [-0.1, -0.05) is 71.4 Å². The van der Waals surface area contributed by atoms with E-state index in [-0.39, 0.29) is 29.1 Å². The smallest absolute Gasteiger partial charge is 0.407 e. The van der Waals surface area contributed by atoms with Gasteiger partial charge in [-0.25, -0.2) is 14.8 Å². The number of nitrogens with two attached hydrogens (primary N) is 1. The molecule has 3 heterocycles. The molecule has 1 aromatic carbocycles. The number of imidazole rings is 1. The number of H-pyrrole nitrogens is 1. The number of carbonyl (C=O) groups is 2. The average molecular weight is 640 g/mol. The van der Waals surface area contributed by atoms with Crippen LogP contribution >= 0.6 is 0 Å². The monoisotopic (exact) mass is 639 g/mol. The van der Waals surface area contributed by atoms with E-state index in [4.69, 9.17) is 15.5 Å². The van der Waals surface area contributed by atoms with Gasteiger partial charge in [-0.05, 0) is 84.9 Å². The van der Waals surface area contributed by atoms with Gasteiger partial charge in [0.15, 0.2) is 0 Å². The number of ether oxygens (including phenoxy) is 1. The first-order valence-electron chi connectivity index (χ1n) is 16.4. The first-order chi connectivity index (χ1) is 22.2. The number of likely N-dealkylation sites (tertiary alicyclic amines) is 1. The standard InChI is InChI=1S/C37H49N7O3/c1-24(2)31(42-35(46)47-8)34(45)44-22-12-15-30(44)32(38)43-37(7,25(3)26-16-18-27(19-17-26)36(4,5)6)20-10-9-13-28-23-40-33(41-28)29-14-11-21-39-29/h16-19,23-24,29-31,39H,3,11-12,14-15,21-22H2,1-2,4-8H3,(H2,38,43)(H,40,41)(H,42,46)/t29-,30-,31-,37?/m0/s1. The summed E-state index contributed by atoms with van der Waals surface area (Å²) in [7, 11) is 1.27. The number of alkyl carbamates (subject to hydrolysis) is 1. The number of amidine groups is 1. The van der Waals surface area contributed by atoms with E-state index in [1.165, 1.54) is 12.7 Å². The second-order valence-electron chi connectivity index (χ2n) is 13.8. The molecule has 0 saturated carbocycles. The SMILES string of the molecule is C=C(c1ccc(C(C)(C)C)cc1)C(C)(C#CC#Cc1cnc([C@@H]2CCCN2)[nH]1)N=C(N)[C@@H]1CCCN1C(=O)[C@@H](NC(=O)OC)C(C)C. The second kappa shape index (κ2) is 14.9. The van der Waals surface area contributed by atoms with Crippen LogP contribution in [0, 0.1) is 29.6 Å². The van der Waals surface area contributed by atoms with Gasteiger partial charge in [-0.2, -0.15) is 0 Å². The Morgan fingerprint density at radius 2 is 1.87 bits per heavy atom. The van der Waals surface area contributed by atoms with Crippen molar-refractivity contribution in [3.63, 3.8) is 0 Å². The van der Waals surface area contributed by atoms with E-state index in [0.29, 0.717) is 24.2 Å². The Morgan fingerprint density at radius 1 is 1.15 bits per heavy atom. The van der Waals surface area contributed by atoms with E-state index in [1.54, 1.807) is 11.1 Å². The molecule has 2 amide bonds. The van der Waals surface area contributed by atoms with Crippen molar-refractivity contribution in [2.45, 2.75) is 96.3 Å². The summed E-state index contributed by atoms with van der Waals surface area (Å²) in [4.78, 5) is 40.1. The second-order valence-corrected chi connectivity index (χ2v) is 13.8. The number of benzene rings is 1. The van der Waals surface area contributed by atoms with Crippen molar-refractivity contribution in [2.75, 3.05) is 20.2 Å². The Balaban J connectivity index is 1.66. The highest BCUT2D eigenvalue weighted by molar-refractivity contribution is 5.95. The van der Waals surface area contributed by atoms with E-state index >= 15 is 0 Å². The maximum atomic E-state index is 13.7. The zero-order valence-corrected chi connectivity index (χ0v) is 28.8. The fourth-order valence-corrected chi connectivity index (χ4v) is 5.92. The molecule has 1 unspecified atom stereocenters. The van der Waals surface area contributed by atoms with Crippen LogP contribution in [0.1, 0.15) is 95.9 Å². The van der Waals surface area contributed by atoms with Crippen LogP contribution in [-0.2, 0) is 14.9 Å². The first kappa shape index (κ1) is 35.3. The molecule has 0 spiro atoms. The predicted molar refractivity (Wildman–Crippen MR) is 186 cm³/mol. The molecule has 250 valence electrons. The van der Waals surface area contributed by atoms with E-state index < -0.39 is 23.7 Å². The lowest BCUT2D eigenvalue weighted by Crippen LogP contribution is -2.55. The lowest BCUT2D eigenvalue weighted by atomic mass is 9.84. The molecule has 1 aromatic heterocycles. The normalized spacial score (nSPS) is 20.0. The lowest BCUT2D eigenvalue weighted by Gasteiger charge is -2.32. The van der Waals surface area contributed by atoms with Crippen LogP contribution in [-0.4, -0.2) is 70.5 Å². The molecule has 0 aliphatic carbocycles. The molecule has 10 nitrogen and oxygen atoms in total. The topological polar surface area (TPSA) is 138 Å².